The van der Waals surface area contributed by atoms with E-state index in [4.69, 9.17) is 4.74 Å². The second kappa shape index (κ2) is 3.91. The van der Waals surface area contributed by atoms with E-state index in [9.17, 15) is 13.2 Å². The second-order valence-corrected chi connectivity index (χ2v) is 3.28. The molecule has 1 radical (unpaired) electrons. The molecule has 0 fully saturated rings. The molecule has 0 aliphatic rings. The first-order valence-electron chi connectivity index (χ1n) is 3.33. The fourth-order valence-electron chi connectivity index (χ4n) is 0.720. The normalized spacial score (nSPS) is 11.4. The summed E-state index contributed by atoms with van der Waals surface area (Å²) >= 11 is -0.167. The van der Waals surface area contributed by atoms with E-state index in [0.717, 1.165) is 0 Å². The highest BCUT2D eigenvalue weighted by molar-refractivity contribution is 8.00. The van der Waals surface area contributed by atoms with Gasteiger partial charge in [-0.25, -0.2) is 0 Å². The Balaban J connectivity index is 2.70. The van der Waals surface area contributed by atoms with Crippen molar-refractivity contribution in [3.8, 4) is 5.75 Å². The minimum atomic E-state index is -4.25. The Morgan fingerprint density at radius 3 is 2.46 bits per heavy atom. The lowest BCUT2D eigenvalue weighted by Gasteiger charge is -2.05. The van der Waals surface area contributed by atoms with E-state index >= 15 is 0 Å². The van der Waals surface area contributed by atoms with E-state index in [2.05, 4.69) is 6.07 Å². The lowest BCUT2D eigenvalue weighted by atomic mass is 10.3. The van der Waals surface area contributed by atoms with Gasteiger partial charge in [0.2, 0.25) is 0 Å². The van der Waals surface area contributed by atoms with Crippen molar-refractivity contribution in [2.75, 3.05) is 7.11 Å². The van der Waals surface area contributed by atoms with Crippen molar-refractivity contribution < 1.29 is 17.9 Å². The van der Waals surface area contributed by atoms with Crippen LogP contribution in [0.3, 0.4) is 0 Å². The fourth-order valence-corrected chi connectivity index (χ4v) is 1.24. The number of rotatable bonds is 2. The molecule has 0 saturated carbocycles. The predicted octanol–water partition coefficient (Wildman–Crippen LogP) is 3.11. The van der Waals surface area contributed by atoms with Crippen LogP contribution in [0.15, 0.2) is 23.1 Å². The Bertz CT molecular complexity index is 268. The Morgan fingerprint density at radius 2 is 2.08 bits per heavy atom. The van der Waals surface area contributed by atoms with E-state index in [0.29, 0.717) is 5.75 Å². The molecule has 1 aromatic carbocycles. The number of ether oxygens (including phenoxy) is 1. The molecule has 1 rings (SSSR count). The summed E-state index contributed by atoms with van der Waals surface area (Å²) in [6, 6.07) is 6.59. The average molecular weight is 207 g/mol. The van der Waals surface area contributed by atoms with E-state index in [1.54, 1.807) is 0 Å². The van der Waals surface area contributed by atoms with Crippen molar-refractivity contribution in [1.29, 1.82) is 0 Å². The zero-order valence-electron chi connectivity index (χ0n) is 6.68. The summed E-state index contributed by atoms with van der Waals surface area (Å²) in [7, 11) is 1.43. The number of halogens is 3. The molecule has 0 aliphatic heterocycles. The molecule has 0 saturated heterocycles. The summed E-state index contributed by atoms with van der Waals surface area (Å²) in [4.78, 5) is 0.105. The third-order valence-electron chi connectivity index (χ3n) is 1.21. The predicted molar refractivity (Wildman–Crippen MR) is 43.7 cm³/mol. The highest BCUT2D eigenvalue weighted by Gasteiger charge is 2.28. The van der Waals surface area contributed by atoms with Gasteiger partial charge in [0.1, 0.15) is 5.75 Å². The number of methoxy groups -OCH3 is 1. The zero-order valence-corrected chi connectivity index (χ0v) is 7.50. The number of hydrogen-bond donors (Lipinski definition) is 0. The van der Waals surface area contributed by atoms with Gasteiger partial charge in [-0.3, -0.25) is 0 Å². The standard InChI is InChI=1S/C8H6F3OS/c1-12-6-2-4-7(5-3-6)13-8(9,10)11/h2,4-5H,1H3. The van der Waals surface area contributed by atoms with Gasteiger partial charge in [0.05, 0.1) is 7.11 Å². The first-order valence-corrected chi connectivity index (χ1v) is 4.14. The van der Waals surface area contributed by atoms with Crippen molar-refractivity contribution in [3.63, 3.8) is 0 Å². The highest BCUT2D eigenvalue weighted by atomic mass is 32.2. The smallest absolute Gasteiger partial charge is 0.446 e. The van der Waals surface area contributed by atoms with Crippen LogP contribution < -0.4 is 4.74 Å². The summed E-state index contributed by atoms with van der Waals surface area (Å²) in [5.74, 6) is 0.423. The zero-order chi connectivity index (χ0) is 9.90. The Kier molecular flexibility index (Phi) is 3.08. The molecule has 13 heavy (non-hydrogen) atoms. The van der Waals surface area contributed by atoms with Gasteiger partial charge in [-0.05, 0) is 30.0 Å². The molecule has 0 bridgehead atoms. The molecule has 0 N–H and O–H groups in total. The van der Waals surface area contributed by atoms with Crippen molar-refractivity contribution in [1.82, 2.24) is 0 Å². The van der Waals surface area contributed by atoms with E-state index in [1.807, 2.05) is 0 Å². The second-order valence-electron chi connectivity index (χ2n) is 2.14. The van der Waals surface area contributed by atoms with Gasteiger partial charge < -0.3 is 4.74 Å². The van der Waals surface area contributed by atoms with Crippen LogP contribution in [-0.2, 0) is 0 Å². The van der Waals surface area contributed by atoms with Gasteiger partial charge in [0.25, 0.3) is 0 Å². The van der Waals surface area contributed by atoms with Gasteiger partial charge in [0.15, 0.2) is 0 Å². The van der Waals surface area contributed by atoms with Gasteiger partial charge in [-0.1, -0.05) is 0 Å². The van der Waals surface area contributed by atoms with Crippen molar-refractivity contribution in [2.24, 2.45) is 0 Å². The maximum atomic E-state index is 11.8. The van der Waals surface area contributed by atoms with Crippen LogP contribution in [0.25, 0.3) is 0 Å². The first-order chi connectivity index (χ1) is 6.01. The average Bonchev–Trinajstić information content (AvgIpc) is 2.03. The van der Waals surface area contributed by atoms with Gasteiger partial charge >= 0.3 is 5.51 Å². The van der Waals surface area contributed by atoms with Gasteiger partial charge in [-0.15, -0.1) is 0 Å². The van der Waals surface area contributed by atoms with Crippen molar-refractivity contribution >= 4 is 11.8 Å². The monoisotopic (exact) mass is 207 g/mol. The van der Waals surface area contributed by atoms with Crippen LogP contribution in [0.2, 0.25) is 0 Å². The molecule has 0 aromatic heterocycles. The Morgan fingerprint density at radius 1 is 1.38 bits per heavy atom. The first kappa shape index (κ1) is 10.2. The molecular formula is C8H6F3OS. The largest absolute Gasteiger partial charge is 0.496 e. The highest BCUT2D eigenvalue weighted by Crippen LogP contribution is 2.36. The molecule has 0 aliphatic carbocycles. The number of thioether (sulfide) groups is 1. The molecule has 71 valence electrons. The van der Waals surface area contributed by atoms with Crippen LogP contribution in [0.5, 0.6) is 5.75 Å². The minimum absolute atomic E-state index is 0.105. The SMILES string of the molecule is COc1[c]cc(SC(F)(F)F)cc1. The summed E-state index contributed by atoms with van der Waals surface area (Å²) in [5.41, 5.74) is -4.25. The molecule has 0 spiro atoms. The maximum absolute atomic E-state index is 11.8. The number of alkyl halides is 3. The van der Waals surface area contributed by atoms with Gasteiger partial charge in [0, 0.05) is 11.0 Å². The molecule has 1 aromatic rings. The van der Waals surface area contributed by atoms with Crippen LogP contribution >= 0.6 is 11.8 Å². The van der Waals surface area contributed by atoms with Gasteiger partial charge in [-0.2, -0.15) is 13.2 Å². The number of hydrogen-bond acceptors (Lipinski definition) is 2. The van der Waals surface area contributed by atoms with Crippen LogP contribution in [0.4, 0.5) is 13.2 Å². The molecule has 0 amide bonds. The quantitative estimate of drug-likeness (QED) is 0.689. The van der Waals surface area contributed by atoms with Crippen molar-refractivity contribution in [3.05, 3.63) is 24.3 Å². The van der Waals surface area contributed by atoms with Crippen LogP contribution in [0, 0.1) is 6.07 Å². The third-order valence-corrected chi connectivity index (χ3v) is 1.93. The minimum Gasteiger partial charge on any atom is -0.496 e. The van der Waals surface area contributed by atoms with E-state index in [-0.39, 0.29) is 16.7 Å². The van der Waals surface area contributed by atoms with E-state index < -0.39 is 5.51 Å². The third kappa shape index (κ3) is 3.59. The summed E-state index contributed by atoms with van der Waals surface area (Å²) < 4.78 is 40.3. The maximum Gasteiger partial charge on any atom is 0.446 e. The lowest BCUT2D eigenvalue weighted by Crippen LogP contribution is -1.98. The summed E-state index contributed by atoms with van der Waals surface area (Å²) in [6.07, 6.45) is 0. The molecule has 1 nitrogen and oxygen atoms in total. The van der Waals surface area contributed by atoms with E-state index in [1.165, 1.54) is 25.3 Å². The topological polar surface area (TPSA) is 9.23 Å². The molecule has 5 heteroatoms. The number of benzene rings is 1. The van der Waals surface area contributed by atoms with Crippen LogP contribution in [0.1, 0.15) is 0 Å². The summed E-state index contributed by atoms with van der Waals surface area (Å²) in [6.45, 7) is 0. The lowest BCUT2D eigenvalue weighted by molar-refractivity contribution is -0.0328. The van der Waals surface area contributed by atoms with Crippen LogP contribution in [-0.4, -0.2) is 12.6 Å². The fraction of sp³-hybridized carbons (Fsp3) is 0.250. The molecule has 0 heterocycles. The molecule has 0 atom stereocenters. The summed E-state index contributed by atoms with van der Waals surface area (Å²) in [5, 5.41) is 0. The molecular weight excluding hydrogens is 201 g/mol. The Labute approximate surface area is 77.9 Å². The Hall–Kier alpha value is -0.840. The molecule has 0 unspecified atom stereocenters. The van der Waals surface area contributed by atoms with Crippen molar-refractivity contribution in [2.45, 2.75) is 10.4 Å².